The number of amides is 1. The fourth-order valence-corrected chi connectivity index (χ4v) is 1.95. The molecule has 0 radical (unpaired) electrons. The molecule has 1 aromatic carbocycles. The summed E-state index contributed by atoms with van der Waals surface area (Å²) in [5, 5.41) is 18.4. The maximum atomic E-state index is 12.3. The molecule has 5 heteroatoms. The van der Waals surface area contributed by atoms with Gasteiger partial charge >= 0.3 is 0 Å². The summed E-state index contributed by atoms with van der Waals surface area (Å²) in [6, 6.07) is 6.76. The molecule has 4 nitrogen and oxygen atoms in total. The third kappa shape index (κ3) is 3.47. The number of phenols is 1. The van der Waals surface area contributed by atoms with Gasteiger partial charge in [0.15, 0.2) is 0 Å². The van der Waals surface area contributed by atoms with Crippen molar-refractivity contribution in [2.75, 3.05) is 6.54 Å². The number of nitrogens with zero attached hydrogens (tertiary/aromatic N) is 2. The van der Waals surface area contributed by atoms with E-state index in [0.717, 1.165) is 0 Å². The summed E-state index contributed by atoms with van der Waals surface area (Å²) in [5.41, 5.74) is 0.254. The topological polar surface area (TPSA) is 64.3 Å². The Kier molecular flexibility index (Phi) is 5.17. The average molecular weight is 311 g/mol. The van der Waals surface area contributed by atoms with Gasteiger partial charge in [0.05, 0.1) is 18.1 Å². The summed E-state index contributed by atoms with van der Waals surface area (Å²) in [4.78, 5) is 13.8. The van der Waals surface area contributed by atoms with Crippen LogP contribution in [0.25, 0.3) is 0 Å². The second-order valence-electron chi connectivity index (χ2n) is 4.16. The van der Waals surface area contributed by atoms with E-state index < -0.39 is 0 Å². The van der Waals surface area contributed by atoms with Crippen molar-refractivity contribution >= 4 is 21.8 Å². The van der Waals surface area contributed by atoms with Crippen LogP contribution in [0.15, 0.2) is 22.7 Å². The lowest BCUT2D eigenvalue weighted by molar-refractivity contribution is 0.0707. The van der Waals surface area contributed by atoms with Crippen LogP contribution in [0.5, 0.6) is 5.75 Å². The van der Waals surface area contributed by atoms with E-state index in [9.17, 15) is 9.90 Å². The molecule has 0 saturated heterocycles. The molecule has 96 valence electrons. The zero-order valence-electron chi connectivity index (χ0n) is 10.4. The van der Waals surface area contributed by atoms with Gasteiger partial charge in [-0.3, -0.25) is 4.79 Å². The van der Waals surface area contributed by atoms with Gasteiger partial charge in [-0.05, 0) is 32.0 Å². The van der Waals surface area contributed by atoms with Crippen molar-refractivity contribution in [1.82, 2.24) is 4.90 Å². The van der Waals surface area contributed by atoms with E-state index in [2.05, 4.69) is 15.9 Å². The summed E-state index contributed by atoms with van der Waals surface area (Å²) < 4.78 is 0.713. The fourth-order valence-electron chi connectivity index (χ4n) is 1.61. The van der Waals surface area contributed by atoms with Crippen LogP contribution in [-0.4, -0.2) is 28.5 Å². The molecule has 0 saturated carbocycles. The first-order valence-electron chi connectivity index (χ1n) is 5.63. The Hall–Kier alpha value is -1.54. The number of rotatable bonds is 4. The van der Waals surface area contributed by atoms with Gasteiger partial charge in [0.25, 0.3) is 5.91 Å². The number of halogens is 1. The van der Waals surface area contributed by atoms with Crippen LogP contribution in [0.1, 0.15) is 30.6 Å². The zero-order valence-corrected chi connectivity index (χ0v) is 11.9. The normalized spacial score (nSPS) is 10.2. The number of benzene rings is 1. The summed E-state index contributed by atoms with van der Waals surface area (Å²) in [6.45, 7) is 4.12. The Morgan fingerprint density at radius 1 is 1.56 bits per heavy atom. The zero-order chi connectivity index (χ0) is 13.7. The van der Waals surface area contributed by atoms with Gasteiger partial charge in [-0.1, -0.05) is 15.9 Å². The molecule has 0 bridgehead atoms. The van der Waals surface area contributed by atoms with Crippen LogP contribution >= 0.6 is 15.9 Å². The Bertz CT molecular complexity index is 480. The van der Waals surface area contributed by atoms with Crippen molar-refractivity contribution in [2.45, 2.75) is 26.3 Å². The lowest BCUT2D eigenvalue weighted by atomic mass is 10.1. The quantitative estimate of drug-likeness (QED) is 0.930. The van der Waals surface area contributed by atoms with Crippen molar-refractivity contribution in [1.29, 1.82) is 5.26 Å². The van der Waals surface area contributed by atoms with Gasteiger partial charge in [-0.2, -0.15) is 5.26 Å². The predicted molar refractivity (Wildman–Crippen MR) is 72.2 cm³/mol. The summed E-state index contributed by atoms with van der Waals surface area (Å²) >= 11 is 3.23. The minimum atomic E-state index is -0.259. The van der Waals surface area contributed by atoms with Crippen molar-refractivity contribution in [3.8, 4) is 11.8 Å². The molecule has 1 rings (SSSR count). The molecule has 0 aromatic heterocycles. The number of carbonyl (C=O) groups is 1. The molecular weight excluding hydrogens is 296 g/mol. The molecule has 1 N–H and O–H groups in total. The lowest BCUT2D eigenvalue weighted by Gasteiger charge is -2.26. The second kappa shape index (κ2) is 6.41. The predicted octanol–water partition coefficient (Wildman–Crippen LogP) is 2.92. The summed E-state index contributed by atoms with van der Waals surface area (Å²) in [7, 11) is 0. The number of aromatic hydroxyl groups is 1. The molecule has 1 amide bonds. The molecule has 0 aliphatic carbocycles. The largest absolute Gasteiger partial charge is 0.507 e. The highest BCUT2D eigenvalue weighted by Crippen LogP contribution is 2.24. The van der Waals surface area contributed by atoms with Crippen LogP contribution in [0.3, 0.4) is 0 Å². The van der Waals surface area contributed by atoms with E-state index in [0.29, 0.717) is 11.0 Å². The summed E-state index contributed by atoms with van der Waals surface area (Å²) in [5.74, 6) is -0.317. The van der Waals surface area contributed by atoms with Gasteiger partial charge in [0.2, 0.25) is 0 Å². The Balaban J connectivity index is 2.99. The number of carbonyl (C=O) groups excluding carboxylic acids is 1. The maximum absolute atomic E-state index is 12.3. The molecule has 0 unspecified atom stereocenters. The van der Waals surface area contributed by atoms with Crippen molar-refractivity contribution in [3.63, 3.8) is 0 Å². The molecular formula is C13H15BrN2O2. The molecule has 0 atom stereocenters. The van der Waals surface area contributed by atoms with E-state index in [4.69, 9.17) is 5.26 Å². The number of nitriles is 1. The van der Waals surface area contributed by atoms with Crippen LogP contribution in [0.2, 0.25) is 0 Å². The van der Waals surface area contributed by atoms with Gasteiger partial charge in [-0.25, -0.2) is 0 Å². The van der Waals surface area contributed by atoms with Crippen LogP contribution < -0.4 is 0 Å². The highest BCUT2D eigenvalue weighted by molar-refractivity contribution is 9.10. The van der Waals surface area contributed by atoms with Gasteiger partial charge in [0.1, 0.15) is 5.75 Å². The first kappa shape index (κ1) is 14.5. The van der Waals surface area contributed by atoms with E-state index in [-0.39, 0.29) is 29.7 Å². The standard InChI is InChI=1S/C13H15BrN2O2/c1-9(2)16(7-3-6-15)13(18)11-5-4-10(14)8-12(11)17/h4-5,8-9,17H,3,7H2,1-2H3. The van der Waals surface area contributed by atoms with E-state index in [1.807, 2.05) is 19.9 Å². The van der Waals surface area contributed by atoms with E-state index >= 15 is 0 Å². The Morgan fingerprint density at radius 2 is 2.22 bits per heavy atom. The van der Waals surface area contributed by atoms with Crippen LogP contribution in [0.4, 0.5) is 0 Å². The first-order chi connectivity index (χ1) is 8.47. The molecule has 0 heterocycles. The smallest absolute Gasteiger partial charge is 0.257 e. The fraction of sp³-hybridized carbons (Fsp3) is 0.385. The lowest BCUT2D eigenvalue weighted by Crippen LogP contribution is -2.37. The average Bonchev–Trinajstić information content (AvgIpc) is 2.28. The third-order valence-corrected chi connectivity index (χ3v) is 3.03. The molecule has 18 heavy (non-hydrogen) atoms. The first-order valence-corrected chi connectivity index (χ1v) is 6.43. The monoisotopic (exact) mass is 310 g/mol. The highest BCUT2D eigenvalue weighted by Gasteiger charge is 2.21. The van der Waals surface area contributed by atoms with Gasteiger partial charge in [0, 0.05) is 17.1 Å². The van der Waals surface area contributed by atoms with Gasteiger partial charge in [-0.15, -0.1) is 0 Å². The van der Waals surface area contributed by atoms with E-state index in [1.54, 1.807) is 17.0 Å². The number of phenolic OH excluding ortho intramolecular Hbond substituents is 1. The van der Waals surface area contributed by atoms with Crippen LogP contribution in [-0.2, 0) is 0 Å². The molecule has 0 aliphatic heterocycles. The number of hydrogen-bond acceptors (Lipinski definition) is 3. The van der Waals surface area contributed by atoms with Crippen LogP contribution in [0, 0.1) is 11.3 Å². The SMILES string of the molecule is CC(C)N(CCC#N)C(=O)c1ccc(Br)cc1O. The minimum Gasteiger partial charge on any atom is -0.507 e. The van der Waals surface area contributed by atoms with E-state index in [1.165, 1.54) is 6.07 Å². The number of hydrogen-bond donors (Lipinski definition) is 1. The molecule has 0 fully saturated rings. The minimum absolute atomic E-state index is 0.0195. The third-order valence-electron chi connectivity index (χ3n) is 2.54. The van der Waals surface area contributed by atoms with Crippen molar-refractivity contribution < 1.29 is 9.90 Å². The van der Waals surface area contributed by atoms with Crippen molar-refractivity contribution in [3.05, 3.63) is 28.2 Å². The van der Waals surface area contributed by atoms with Gasteiger partial charge < -0.3 is 10.0 Å². The second-order valence-corrected chi connectivity index (χ2v) is 5.08. The van der Waals surface area contributed by atoms with Crippen molar-refractivity contribution in [2.24, 2.45) is 0 Å². The highest BCUT2D eigenvalue weighted by atomic mass is 79.9. The molecule has 0 spiro atoms. The maximum Gasteiger partial charge on any atom is 0.257 e. The Morgan fingerprint density at radius 3 is 2.72 bits per heavy atom. The molecule has 1 aromatic rings. The summed E-state index contributed by atoms with van der Waals surface area (Å²) in [6.07, 6.45) is 0.279. The Labute approximate surface area is 115 Å². The molecule has 0 aliphatic rings.